The molecule has 2 aromatic heterocycles. The first-order valence-corrected chi connectivity index (χ1v) is 9.69. The highest BCUT2D eigenvalue weighted by atomic mass is 32.1. The van der Waals surface area contributed by atoms with Crippen LogP contribution >= 0.6 is 11.3 Å². The van der Waals surface area contributed by atoms with E-state index < -0.39 is 16.7 Å². The monoisotopic (exact) mass is 443 g/mol. The molecule has 0 aliphatic heterocycles. The summed E-state index contributed by atoms with van der Waals surface area (Å²) in [6, 6.07) is 15.1. The number of non-ortho nitro benzene ring substituents is 1. The Morgan fingerprint density at radius 2 is 1.61 bits per heavy atom. The average molecular weight is 443 g/mol. The molecule has 2 heterocycles. The molecule has 0 unspecified atom stereocenters. The molecule has 0 amide bonds. The topological polar surface area (TPSA) is 78.2 Å². The first-order chi connectivity index (χ1) is 14.8. The third-order valence-electron chi connectivity index (χ3n) is 4.27. The van der Waals surface area contributed by atoms with Gasteiger partial charge >= 0.3 is 6.18 Å². The van der Waals surface area contributed by atoms with Crippen molar-refractivity contribution in [2.45, 2.75) is 6.18 Å². The van der Waals surface area contributed by atoms with Gasteiger partial charge in [-0.05, 0) is 42.5 Å². The summed E-state index contributed by atoms with van der Waals surface area (Å²) in [6.07, 6.45) is -3.73. The number of alkyl halides is 3. The number of aromatic nitrogens is 2. The van der Waals surface area contributed by atoms with Crippen molar-refractivity contribution in [1.29, 1.82) is 0 Å². The van der Waals surface area contributed by atoms with Gasteiger partial charge < -0.3 is 4.74 Å². The van der Waals surface area contributed by atoms with Crippen molar-refractivity contribution < 1.29 is 22.8 Å². The number of ether oxygens (including phenoxy) is 1. The van der Waals surface area contributed by atoms with E-state index in [2.05, 4.69) is 9.97 Å². The second-order valence-corrected chi connectivity index (χ2v) is 7.21. The molecular weight excluding hydrogens is 431 g/mol. The van der Waals surface area contributed by atoms with E-state index in [0.717, 1.165) is 34.5 Å². The van der Waals surface area contributed by atoms with Crippen LogP contribution in [0.1, 0.15) is 5.56 Å². The van der Waals surface area contributed by atoms with Crippen LogP contribution in [0, 0.1) is 10.1 Å². The predicted octanol–water partition coefficient (Wildman–Crippen LogP) is 6.59. The van der Waals surface area contributed by atoms with Crippen molar-refractivity contribution in [3.8, 4) is 33.5 Å². The number of hydrogen-bond acceptors (Lipinski definition) is 6. The van der Waals surface area contributed by atoms with Gasteiger partial charge in [0.25, 0.3) is 5.69 Å². The molecule has 156 valence electrons. The second-order valence-electron chi connectivity index (χ2n) is 6.35. The SMILES string of the molecule is O=[N+]([O-])c1ccc(-c2csc(-c3ccc(Oc4ccc(C(F)(F)F)cn4)cc3)n2)cc1. The Morgan fingerprint density at radius 3 is 2.19 bits per heavy atom. The third-order valence-corrected chi connectivity index (χ3v) is 5.16. The molecule has 0 aliphatic carbocycles. The number of nitro benzene ring substituents is 1. The summed E-state index contributed by atoms with van der Waals surface area (Å²) in [5.41, 5.74) is 1.46. The largest absolute Gasteiger partial charge is 0.439 e. The van der Waals surface area contributed by atoms with Crippen molar-refractivity contribution in [2.24, 2.45) is 0 Å². The molecule has 0 fully saturated rings. The fourth-order valence-corrected chi connectivity index (χ4v) is 3.52. The van der Waals surface area contributed by atoms with Gasteiger partial charge in [0.1, 0.15) is 10.8 Å². The molecule has 10 heteroatoms. The quantitative estimate of drug-likeness (QED) is 0.257. The van der Waals surface area contributed by atoms with Crippen LogP contribution in [0.15, 0.2) is 72.2 Å². The van der Waals surface area contributed by atoms with E-state index in [-0.39, 0.29) is 11.6 Å². The van der Waals surface area contributed by atoms with Crippen LogP contribution in [0.2, 0.25) is 0 Å². The van der Waals surface area contributed by atoms with Crippen molar-refractivity contribution in [1.82, 2.24) is 9.97 Å². The molecule has 0 atom stereocenters. The molecule has 0 spiro atoms. The highest BCUT2D eigenvalue weighted by Gasteiger charge is 2.30. The van der Waals surface area contributed by atoms with E-state index >= 15 is 0 Å². The summed E-state index contributed by atoms with van der Waals surface area (Å²) in [5, 5.41) is 13.4. The van der Waals surface area contributed by atoms with Gasteiger partial charge in [-0.3, -0.25) is 10.1 Å². The number of nitrogens with zero attached hydrogens (tertiary/aromatic N) is 3. The molecular formula is C21H12F3N3O3S. The predicted molar refractivity (Wildman–Crippen MR) is 109 cm³/mol. The lowest BCUT2D eigenvalue weighted by Gasteiger charge is -2.08. The van der Waals surface area contributed by atoms with Crippen molar-refractivity contribution in [2.75, 3.05) is 0 Å². The number of benzene rings is 2. The van der Waals surface area contributed by atoms with Crippen LogP contribution in [-0.2, 0) is 6.18 Å². The Morgan fingerprint density at radius 1 is 0.935 bits per heavy atom. The van der Waals surface area contributed by atoms with E-state index in [1.807, 2.05) is 5.38 Å². The van der Waals surface area contributed by atoms with Gasteiger partial charge in [0.05, 0.1) is 16.2 Å². The van der Waals surface area contributed by atoms with Gasteiger partial charge in [-0.15, -0.1) is 11.3 Å². The van der Waals surface area contributed by atoms with Crippen LogP contribution in [0.25, 0.3) is 21.8 Å². The summed E-state index contributed by atoms with van der Waals surface area (Å²) >= 11 is 1.42. The fraction of sp³-hybridized carbons (Fsp3) is 0.0476. The number of rotatable bonds is 5. The molecule has 2 aromatic carbocycles. The standard InChI is InChI=1S/C21H12F3N3O3S/c22-21(23,24)15-5-10-19(25-11-15)30-17-8-3-14(4-9-17)20-26-18(12-31-20)13-1-6-16(7-2-13)27(28)29/h1-12H. The Bertz CT molecular complexity index is 1210. The Balaban J connectivity index is 1.46. The van der Waals surface area contributed by atoms with E-state index in [9.17, 15) is 23.3 Å². The van der Waals surface area contributed by atoms with Crippen molar-refractivity contribution in [3.05, 3.63) is 87.9 Å². The first kappa shape index (κ1) is 20.5. The minimum absolute atomic E-state index is 0.0114. The maximum Gasteiger partial charge on any atom is 0.417 e. The molecule has 31 heavy (non-hydrogen) atoms. The molecule has 6 nitrogen and oxygen atoms in total. The Kier molecular flexibility index (Phi) is 5.38. The van der Waals surface area contributed by atoms with Gasteiger partial charge in [-0.2, -0.15) is 13.2 Å². The van der Waals surface area contributed by atoms with Gasteiger partial charge in [0.2, 0.25) is 5.88 Å². The summed E-state index contributed by atoms with van der Waals surface area (Å²) in [4.78, 5) is 18.6. The van der Waals surface area contributed by atoms with Gasteiger partial charge in [-0.25, -0.2) is 9.97 Å². The van der Waals surface area contributed by atoms with E-state index in [1.54, 1.807) is 36.4 Å². The zero-order valence-electron chi connectivity index (χ0n) is 15.5. The first-order valence-electron chi connectivity index (χ1n) is 8.81. The zero-order valence-corrected chi connectivity index (χ0v) is 16.4. The molecule has 0 saturated heterocycles. The van der Waals surface area contributed by atoms with Crippen LogP contribution in [-0.4, -0.2) is 14.9 Å². The van der Waals surface area contributed by atoms with Crippen LogP contribution in [0.4, 0.5) is 18.9 Å². The number of nitro groups is 1. The average Bonchev–Trinajstić information content (AvgIpc) is 3.24. The smallest absolute Gasteiger partial charge is 0.417 e. The van der Waals surface area contributed by atoms with Gasteiger partial charge in [0.15, 0.2) is 0 Å². The summed E-state index contributed by atoms with van der Waals surface area (Å²) in [5.74, 6) is 0.471. The fourth-order valence-electron chi connectivity index (χ4n) is 2.69. The molecule has 0 saturated carbocycles. The molecule has 4 rings (SSSR count). The minimum atomic E-state index is -4.45. The highest BCUT2D eigenvalue weighted by Crippen LogP contribution is 2.32. The minimum Gasteiger partial charge on any atom is -0.439 e. The van der Waals surface area contributed by atoms with E-state index in [0.29, 0.717) is 11.4 Å². The zero-order chi connectivity index (χ0) is 22.0. The van der Waals surface area contributed by atoms with Crippen molar-refractivity contribution in [3.63, 3.8) is 0 Å². The van der Waals surface area contributed by atoms with Gasteiger partial charge in [-0.1, -0.05) is 0 Å². The molecule has 4 aromatic rings. The second kappa shape index (κ2) is 8.15. The van der Waals surface area contributed by atoms with E-state index in [4.69, 9.17) is 4.74 Å². The lowest BCUT2D eigenvalue weighted by atomic mass is 10.1. The van der Waals surface area contributed by atoms with Gasteiger partial charge in [0, 0.05) is 40.9 Å². The maximum atomic E-state index is 12.6. The third kappa shape index (κ3) is 4.69. The maximum absolute atomic E-state index is 12.6. The number of pyridine rings is 1. The van der Waals surface area contributed by atoms with Crippen LogP contribution in [0.5, 0.6) is 11.6 Å². The number of thiazole rings is 1. The summed E-state index contributed by atoms with van der Waals surface area (Å²) < 4.78 is 43.3. The normalized spacial score (nSPS) is 11.3. The summed E-state index contributed by atoms with van der Waals surface area (Å²) in [6.45, 7) is 0. The highest BCUT2D eigenvalue weighted by molar-refractivity contribution is 7.13. The molecule has 0 N–H and O–H groups in total. The lowest BCUT2D eigenvalue weighted by Crippen LogP contribution is -2.05. The Hall–Kier alpha value is -3.79. The Labute approximate surface area is 177 Å². The molecule has 0 aliphatic rings. The molecule has 0 bridgehead atoms. The molecule has 0 radical (unpaired) electrons. The number of halogens is 3. The summed E-state index contributed by atoms with van der Waals surface area (Å²) in [7, 11) is 0. The van der Waals surface area contributed by atoms with Crippen LogP contribution < -0.4 is 4.74 Å². The lowest BCUT2D eigenvalue weighted by molar-refractivity contribution is -0.384. The van der Waals surface area contributed by atoms with E-state index in [1.165, 1.54) is 23.5 Å². The number of hydrogen-bond donors (Lipinski definition) is 0. The van der Waals surface area contributed by atoms with Crippen LogP contribution in [0.3, 0.4) is 0 Å². The van der Waals surface area contributed by atoms with Crippen molar-refractivity contribution >= 4 is 17.0 Å².